The lowest BCUT2D eigenvalue weighted by atomic mass is 10.1. The number of carbonyl (C=O) groups excluding carboxylic acids is 2. The summed E-state index contributed by atoms with van der Waals surface area (Å²) in [5.74, 6) is -0.780. The molecule has 0 fully saturated rings. The van der Waals surface area contributed by atoms with Crippen molar-refractivity contribution in [1.82, 2.24) is 9.78 Å². The number of rotatable bonds is 5. The molecule has 0 saturated heterocycles. The lowest BCUT2D eigenvalue weighted by Gasteiger charge is -2.08. The van der Waals surface area contributed by atoms with Gasteiger partial charge in [0.25, 0.3) is 5.56 Å². The minimum atomic E-state index is -0.556. The van der Waals surface area contributed by atoms with E-state index >= 15 is 0 Å². The van der Waals surface area contributed by atoms with Gasteiger partial charge in [-0.2, -0.15) is 5.10 Å². The molecule has 3 rings (SSSR count). The molecule has 2 heterocycles. The Morgan fingerprint density at radius 3 is 2.54 bits per heavy atom. The molecule has 0 N–H and O–H groups in total. The van der Waals surface area contributed by atoms with E-state index in [4.69, 9.17) is 4.74 Å². The van der Waals surface area contributed by atoms with Gasteiger partial charge < -0.3 is 4.74 Å². The number of hydrogen-bond acceptors (Lipinski definition) is 6. The second kappa shape index (κ2) is 7.21. The third-order valence-corrected chi connectivity index (χ3v) is 5.02. The van der Waals surface area contributed by atoms with Gasteiger partial charge in [0, 0.05) is 27.8 Å². The Kier molecular flexibility index (Phi) is 4.99. The highest BCUT2D eigenvalue weighted by atomic mass is 32.1. The molecule has 0 atom stereocenters. The molecule has 2 aromatic heterocycles. The number of aryl methyl sites for hydroxylation is 3. The molecule has 0 aliphatic heterocycles. The van der Waals surface area contributed by atoms with E-state index in [1.54, 1.807) is 30.3 Å². The first-order valence-corrected chi connectivity index (χ1v) is 8.89. The summed E-state index contributed by atoms with van der Waals surface area (Å²) in [4.78, 5) is 38.5. The number of carbonyl (C=O) groups is 2. The molecule has 3 aromatic rings. The van der Waals surface area contributed by atoms with Crippen molar-refractivity contribution in [3.05, 3.63) is 61.7 Å². The van der Waals surface area contributed by atoms with Crippen LogP contribution in [0.4, 0.5) is 0 Å². The van der Waals surface area contributed by atoms with Gasteiger partial charge in [0.15, 0.2) is 6.61 Å². The Bertz CT molecular complexity index is 1070. The quantitative estimate of drug-likeness (QED) is 0.509. The van der Waals surface area contributed by atoms with Crippen molar-refractivity contribution in [2.45, 2.75) is 20.3 Å². The molecule has 0 amide bonds. The predicted molar refractivity (Wildman–Crippen MR) is 99.8 cm³/mol. The summed E-state index contributed by atoms with van der Waals surface area (Å²) in [6.45, 7) is 3.49. The lowest BCUT2D eigenvalue weighted by Crippen LogP contribution is -2.23. The monoisotopic (exact) mass is 370 g/mol. The van der Waals surface area contributed by atoms with Gasteiger partial charge in [-0.25, -0.2) is 4.68 Å². The summed E-state index contributed by atoms with van der Waals surface area (Å²) in [7, 11) is 1.54. The fourth-order valence-electron chi connectivity index (χ4n) is 2.83. The van der Waals surface area contributed by atoms with Crippen LogP contribution in [0.25, 0.3) is 10.8 Å². The molecule has 7 heteroatoms. The summed E-state index contributed by atoms with van der Waals surface area (Å²) >= 11 is 1.54. The zero-order chi connectivity index (χ0) is 18.8. The zero-order valence-corrected chi connectivity index (χ0v) is 15.6. The van der Waals surface area contributed by atoms with Crippen LogP contribution in [-0.4, -0.2) is 28.1 Å². The van der Waals surface area contributed by atoms with E-state index < -0.39 is 5.97 Å². The molecule has 26 heavy (non-hydrogen) atoms. The highest BCUT2D eigenvalue weighted by molar-refractivity contribution is 7.12. The minimum absolute atomic E-state index is 0.108. The van der Waals surface area contributed by atoms with E-state index in [1.807, 2.05) is 13.8 Å². The van der Waals surface area contributed by atoms with Crippen molar-refractivity contribution in [1.29, 1.82) is 0 Å². The fraction of sp³-hybridized carbons (Fsp3) is 0.263. The maximum Gasteiger partial charge on any atom is 0.312 e. The van der Waals surface area contributed by atoms with Crippen LogP contribution in [0.15, 0.2) is 35.1 Å². The Labute approximate surface area is 154 Å². The standard InChI is InChI=1S/C19H18N2O4S/c1-11-8-15(12(2)26-11)17(22)10-25-18(23)9-16-13-6-4-5-7-14(13)19(24)21(3)20-16/h4-8H,9-10H2,1-3H3. The van der Waals surface area contributed by atoms with E-state index in [0.29, 0.717) is 22.0 Å². The average Bonchev–Trinajstić information content (AvgIpc) is 2.96. The van der Waals surface area contributed by atoms with Crippen molar-refractivity contribution in [3.63, 3.8) is 0 Å². The third kappa shape index (κ3) is 3.57. The van der Waals surface area contributed by atoms with Gasteiger partial charge >= 0.3 is 5.97 Å². The van der Waals surface area contributed by atoms with Gasteiger partial charge in [0.05, 0.1) is 17.5 Å². The van der Waals surface area contributed by atoms with Crippen molar-refractivity contribution < 1.29 is 14.3 Å². The third-order valence-electron chi connectivity index (χ3n) is 4.05. The van der Waals surface area contributed by atoms with Crippen molar-refractivity contribution >= 4 is 33.9 Å². The van der Waals surface area contributed by atoms with E-state index in [9.17, 15) is 14.4 Å². The fourth-order valence-corrected chi connectivity index (χ4v) is 3.77. The topological polar surface area (TPSA) is 78.3 Å². The van der Waals surface area contributed by atoms with Crippen LogP contribution >= 0.6 is 11.3 Å². The molecule has 0 spiro atoms. The molecule has 6 nitrogen and oxygen atoms in total. The SMILES string of the molecule is Cc1cc(C(=O)COC(=O)Cc2nn(C)c(=O)c3ccccc23)c(C)s1. The van der Waals surface area contributed by atoms with Gasteiger partial charge in [0.2, 0.25) is 5.78 Å². The second-order valence-corrected chi connectivity index (χ2v) is 7.47. The van der Waals surface area contributed by atoms with E-state index in [2.05, 4.69) is 5.10 Å². The molecule has 0 unspecified atom stereocenters. The maximum atomic E-state index is 12.2. The van der Waals surface area contributed by atoms with Crippen LogP contribution in [0.3, 0.4) is 0 Å². The molecule has 0 aliphatic carbocycles. The number of aromatic nitrogens is 2. The zero-order valence-electron chi connectivity index (χ0n) is 14.7. The Hall–Kier alpha value is -2.80. The number of benzene rings is 1. The summed E-state index contributed by atoms with van der Waals surface area (Å²) in [6, 6.07) is 8.78. The summed E-state index contributed by atoms with van der Waals surface area (Å²) in [6.07, 6.45) is -0.108. The molecular formula is C19H18N2O4S. The lowest BCUT2D eigenvalue weighted by molar-refractivity contribution is -0.141. The number of Topliss-reactive ketones (excluding diaryl/α,β-unsaturated/α-hetero) is 1. The Morgan fingerprint density at radius 2 is 1.88 bits per heavy atom. The van der Waals surface area contributed by atoms with Gasteiger partial charge in [0.1, 0.15) is 0 Å². The molecule has 0 bridgehead atoms. The summed E-state index contributed by atoms with van der Waals surface area (Å²) in [5.41, 5.74) is 0.810. The molecule has 0 aliphatic rings. The van der Waals surface area contributed by atoms with Crippen LogP contribution in [0.5, 0.6) is 0 Å². The number of thiophene rings is 1. The van der Waals surface area contributed by atoms with E-state index in [-0.39, 0.29) is 24.4 Å². The van der Waals surface area contributed by atoms with E-state index in [0.717, 1.165) is 9.75 Å². The molecule has 1 aromatic carbocycles. The average molecular weight is 370 g/mol. The minimum Gasteiger partial charge on any atom is -0.457 e. The first kappa shape index (κ1) is 18.0. The van der Waals surface area contributed by atoms with Crippen molar-refractivity contribution in [2.24, 2.45) is 7.05 Å². The van der Waals surface area contributed by atoms with Crippen LogP contribution in [0, 0.1) is 13.8 Å². The normalized spacial score (nSPS) is 10.9. The summed E-state index contributed by atoms with van der Waals surface area (Å²) in [5, 5.41) is 5.27. The van der Waals surface area contributed by atoms with Crippen LogP contribution in [0.2, 0.25) is 0 Å². The van der Waals surface area contributed by atoms with Gasteiger partial charge in [-0.3, -0.25) is 14.4 Å². The largest absolute Gasteiger partial charge is 0.457 e. The number of ketones is 1. The molecule has 134 valence electrons. The van der Waals surface area contributed by atoms with Crippen LogP contribution < -0.4 is 5.56 Å². The van der Waals surface area contributed by atoms with Gasteiger partial charge in [-0.05, 0) is 26.0 Å². The number of nitrogens with zero attached hydrogens (tertiary/aromatic N) is 2. The molecule has 0 radical (unpaired) electrons. The Balaban J connectivity index is 1.74. The highest BCUT2D eigenvalue weighted by Crippen LogP contribution is 2.21. The van der Waals surface area contributed by atoms with Crippen molar-refractivity contribution in [2.75, 3.05) is 6.61 Å². The number of esters is 1. The Morgan fingerprint density at radius 1 is 1.19 bits per heavy atom. The first-order valence-electron chi connectivity index (χ1n) is 8.07. The van der Waals surface area contributed by atoms with Gasteiger partial charge in [-0.15, -0.1) is 11.3 Å². The molecular weight excluding hydrogens is 352 g/mol. The predicted octanol–water partition coefficient (Wildman–Crippen LogP) is 2.58. The van der Waals surface area contributed by atoms with Crippen molar-refractivity contribution in [3.8, 4) is 0 Å². The number of ether oxygens (including phenoxy) is 1. The summed E-state index contributed by atoms with van der Waals surface area (Å²) < 4.78 is 6.34. The first-order chi connectivity index (χ1) is 12.4. The number of fused-ring (bicyclic) bond motifs is 1. The van der Waals surface area contributed by atoms with Crippen LogP contribution in [0.1, 0.15) is 25.8 Å². The smallest absolute Gasteiger partial charge is 0.312 e. The molecule has 0 saturated carbocycles. The highest BCUT2D eigenvalue weighted by Gasteiger charge is 2.17. The van der Waals surface area contributed by atoms with Gasteiger partial charge in [-0.1, -0.05) is 18.2 Å². The second-order valence-electron chi connectivity index (χ2n) is 6.01. The van der Waals surface area contributed by atoms with Crippen LogP contribution in [-0.2, 0) is 23.0 Å². The maximum absolute atomic E-state index is 12.2. The van der Waals surface area contributed by atoms with E-state index in [1.165, 1.54) is 23.1 Å². The number of hydrogen-bond donors (Lipinski definition) is 0.